The Bertz CT molecular complexity index is 601. The SMILES string of the molecule is O=C(N[C@H](CO)c1ccccc1)c1ccc(O)cc1F. The first-order valence-electron chi connectivity index (χ1n) is 6.07. The van der Waals surface area contributed by atoms with E-state index >= 15 is 0 Å². The molecule has 0 saturated heterocycles. The number of hydrogen-bond acceptors (Lipinski definition) is 3. The molecule has 3 N–H and O–H groups in total. The van der Waals surface area contributed by atoms with Crippen molar-refractivity contribution in [1.82, 2.24) is 5.32 Å². The van der Waals surface area contributed by atoms with Crippen molar-refractivity contribution < 1.29 is 19.4 Å². The molecule has 0 aliphatic carbocycles. The van der Waals surface area contributed by atoms with E-state index in [2.05, 4.69) is 5.32 Å². The Labute approximate surface area is 115 Å². The van der Waals surface area contributed by atoms with E-state index in [1.807, 2.05) is 6.07 Å². The van der Waals surface area contributed by atoms with E-state index in [-0.39, 0.29) is 17.9 Å². The van der Waals surface area contributed by atoms with Crippen LogP contribution in [0, 0.1) is 5.82 Å². The molecule has 20 heavy (non-hydrogen) atoms. The third-order valence-electron chi connectivity index (χ3n) is 2.89. The Balaban J connectivity index is 2.17. The number of rotatable bonds is 4. The van der Waals surface area contributed by atoms with Crippen LogP contribution in [0.1, 0.15) is 22.0 Å². The topological polar surface area (TPSA) is 69.6 Å². The summed E-state index contributed by atoms with van der Waals surface area (Å²) in [7, 11) is 0. The van der Waals surface area contributed by atoms with Gasteiger partial charge < -0.3 is 15.5 Å². The third kappa shape index (κ3) is 3.13. The lowest BCUT2D eigenvalue weighted by molar-refractivity contribution is 0.0912. The molecular formula is C15H14FNO3. The summed E-state index contributed by atoms with van der Waals surface area (Å²) >= 11 is 0. The molecule has 0 aliphatic rings. The molecule has 2 rings (SSSR count). The molecule has 104 valence electrons. The van der Waals surface area contributed by atoms with Crippen LogP contribution in [0.5, 0.6) is 5.75 Å². The number of carbonyl (C=O) groups excluding carboxylic acids is 1. The number of nitrogens with one attached hydrogen (secondary N) is 1. The van der Waals surface area contributed by atoms with Gasteiger partial charge in [-0.1, -0.05) is 30.3 Å². The first-order valence-corrected chi connectivity index (χ1v) is 6.07. The summed E-state index contributed by atoms with van der Waals surface area (Å²) in [5.74, 6) is -1.71. The predicted octanol–water partition coefficient (Wildman–Crippen LogP) is 1.99. The molecular weight excluding hydrogens is 261 g/mol. The van der Waals surface area contributed by atoms with Gasteiger partial charge in [-0.25, -0.2) is 4.39 Å². The van der Waals surface area contributed by atoms with Gasteiger partial charge in [-0.3, -0.25) is 4.79 Å². The average Bonchev–Trinajstić information content (AvgIpc) is 2.45. The minimum Gasteiger partial charge on any atom is -0.508 e. The van der Waals surface area contributed by atoms with Crippen LogP contribution in [0.25, 0.3) is 0 Å². The highest BCUT2D eigenvalue weighted by Crippen LogP contribution is 2.17. The number of aliphatic hydroxyl groups excluding tert-OH is 1. The van der Waals surface area contributed by atoms with E-state index in [0.717, 1.165) is 11.6 Å². The van der Waals surface area contributed by atoms with Gasteiger partial charge in [0.1, 0.15) is 11.6 Å². The van der Waals surface area contributed by atoms with Crippen molar-refractivity contribution >= 4 is 5.91 Å². The third-order valence-corrected chi connectivity index (χ3v) is 2.89. The van der Waals surface area contributed by atoms with Crippen molar-refractivity contribution in [3.05, 3.63) is 65.5 Å². The van der Waals surface area contributed by atoms with Crippen molar-refractivity contribution in [2.45, 2.75) is 6.04 Å². The minimum atomic E-state index is -0.813. The van der Waals surface area contributed by atoms with Crippen LogP contribution in [-0.2, 0) is 0 Å². The number of aromatic hydroxyl groups is 1. The molecule has 1 amide bonds. The van der Waals surface area contributed by atoms with Crippen molar-refractivity contribution in [2.75, 3.05) is 6.61 Å². The normalized spacial score (nSPS) is 11.9. The molecule has 0 saturated carbocycles. The fourth-order valence-corrected chi connectivity index (χ4v) is 1.84. The van der Waals surface area contributed by atoms with Gasteiger partial charge in [0.25, 0.3) is 5.91 Å². The van der Waals surface area contributed by atoms with Gasteiger partial charge >= 0.3 is 0 Å². The lowest BCUT2D eigenvalue weighted by Gasteiger charge is -2.17. The zero-order valence-corrected chi connectivity index (χ0v) is 10.6. The number of carbonyl (C=O) groups is 1. The second-order valence-corrected chi connectivity index (χ2v) is 4.28. The standard InChI is InChI=1S/C15H14FNO3/c16-13-8-11(19)6-7-12(13)15(20)17-14(9-18)10-4-2-1-3-5-10/h1-8,14,18-19H,9H2,(H,17,20)/t14-/m1/s1. The molecule has 2 aromatic rings. The molecule has 0 bridgehead atoms. The largest absolute Gasteiger partial charge is 0.508 e. The van der Waals surface area contributed by atoms with E-state index in [1.54, 1.807) is 24.3 Å². The van der Waals surface area contributed by atoms with Crippen molar-refractivity contribution in [3.8, 4) is 5.75 Å². The van der Waals surface area contributed by atoms with Crippen LogP contribution in [0.15, 0.2) is 48.5 Å². The molecule has 0 heterocycles. The number of phenols is 1. The second-order valence-electron chi connectivity index (χ2n) is 4.28. The van der Waals surface area contributed by atoms with E-state index in [9.17, 15) is 14.3 Å². The molecule has 0 aromatic heterocycles. The molecule has 0 aliphatic heterocycles. The quantitative estimate of drug-likeness (QED) is 0.799. The van der Waals surface area contributed by atoms with Crippen molar-refractivity contribution in [3.63, 3.8) is 0 Å². The van der Waals surface area contributed by atoms with Crippen LogP contribution in [0.4, 0.5) is 4.39 Å². The maximum absolute atomic E-state index is 13.6. The fraction of sp³-hybridized carbons (Fsp3) is 0.133. The number of aliphatic hydroxyl groups is 1. The van der Waals surface area contributed by atoms with Gasteiger partial charge in [0.2, 0.25) is 0 Å². The Hall–Kier alpha value is -2.40. The highest BCUT2D eigenvalue weighted by molar-refractivity contribution is 5.94. The maximum Gasteiger partial charge on any atom is 0.254 e. The summed E-state index contributed by atoms with van der Waals surface area (Å²) in [6, 6.07) is 11.6. The summed E-state index contributed by atoms with van der Waals surface area (Å²) in [4.78, 5) is 12.0. The number of phenolic OH excluding ortho intramolecular Hbond substituents is 1. The number of benzene rings is 2. The number of halogens is 1. The Kier molecular flexibility index (Phi) is 4.32. The highest BCUT2D eigenvalue weighted by atomic mass is 19.1. The van der Waals surface area contributed by atoms with Crippen LogP contribution >= 0.6 is 0 Å². The van der Waals surface area contributed by atoms with Crippen LogP contribution in [-0.4, -0.2) is 22.7 Å². The monoisotopic (exact) mass is 275 g/mol. The first kappa shape index (κ1) is 14.0. The van der Waals surface area contributed by atoms with Crippen LogP contribution in [0.2, 0.25) is 0 Å². The molecule has 4 nitrogen and oxygen atoms in total. The van der Waals surface area contributed by atoms with Gasteiger partial charge in [0.15, 0.2) is 0 Å². The van der Waals surface area contributed by atoms with Gasteiger partial charge in [-0.15, -0.1) is 0 Å². The number of amides is 1. The van der Waals surface area contributed by atoms with E-state index in [1.165, 1.54) is 12.1 Å². The second kappa shape index (κ2) is 6.16. The summed E-state index contributed by atoms with van der Waals surface area (Å²) in [5.41, 5.74) is 0.541. The lowest BCUT2D eigenvalue weighted by atomic mass is 10.1. The maximum atomic E-state index is 13.6. The molecule has 0 fully saturated rings. The van der Waals surface area contributed by atoms with Gasteiger partial charge in [-0.2, -0.15) is 0 Å². The lowest BCUT2D eigenvalue weighted by Crippen LogP contribution is -2.31. The van der Waals surface area contributed by atoms with E-state index < -0.39 is 17.8 Å². The Morgan fingerprint density at radius 2 is 1.90 bits per heavy atom. The smallest absolute Gasteiger partial charge is 0.254 e. The molecule has 1 atom stereocenters. The predicted molar refractivity (Wildman–Crippen MR) is 71.8 cm³/mol. The Morgan fingerprint density at radius 1 is 1.20 bits per heavy atom. The molecule has 0 radical (unpaired) electrons. The Morgan fingerprint density at radius 3 is 2.50 bits per heavy atom. The minimum absolute atomic E-state index is 0.183. The average molecular weight is 275 g/mol. The van der Waals surface area contributed by atoms with Crippen LogP contribution < -0.4 is 5.32 Å². The highest BCUT2D eigenvalue weighted by Gasteiger charge is 2.17. The van der Waals surface area contributed by atoms with E-state index in [4.69, 9.17) is 5.11 Å². The van der Waals surface area contributed by atoms with E-state index in [0.29, 0.717) is 0 Å². The summed E-state index contributed by atoms with van der Waals surface area (Å²) in [6.45, 7) is -0.296. The summed E-state index contributed by atoms with van der Waals surface area (Å²) in [5, 5.41) is 21.0. The summed E-state index contributed by atoms with van der Waals surface area (Å²) in [6.07, 6.45) is 0. The van der Waals surface area contributed by atoms with Gasteiger partial charge in [-0.05, 0) is 17.7 Å². The first-order chi connectivity index (χ1) is 9.61. The summed E-state index contributed by atoms with van der Waals surface area (Å²) < 4.78 is 13.6. The number of hydrogen-bond donors (Lipinski definition) is 3. The fourth-order valence-electron chi connectivity index (χ4n) is 1.84. The zero-order valence-electron chi connectivity index (χ0n) is 10.6. The zero-order chi connectivity index (χ0) is 14.5. The van der Waals surface area contributed by atoms with Crippen molar-refractivity contribution in [2.24, 2.45) is 0 Å². The molecule has 0 unspecified atom stereocenters. The van der Waals surface area contributed by atoms with Gasteiger partial charge in [0, 0.05) is 6.07 Å². The van der Waals surface area contributed by atoms with Crippen LogP contribution in [0.3, 0.4) is 0 Å². The molecule has 2 aromatic carbocycles. The van der Waals surface area contributed by atoms with Gasteiger partial charge in [0.05, 0.1) is 18.2 Å². The molecule has 0 spiro atoms. The van der Waals surface area contributed by atoms with Crippen molar-refractivity contribution in [1.29, 1.82) is 0 Å². The molecule has 5 heteroatoms.